The van der Waals surface area contributed by atoms with E-state index in [-0.39, 0.29) is 0 Å². The Balaban J connectivity index is 1.93. The van der Waals surface area contributed by atoms with E-state index in [2.05, 4.69) is 0 Å². The van der Waals surface area contributed by atoms with Gasteiger partial charge in [-0.05, 0) is 6.32 Å². The molecule has 0 aromatic rings. The van der Waals surface area contributed by atoms with Crippen molar-refractivity contribution >= 4 is 13.0 Å². The predicted octanol–water partition coefficient (Wildman–Crippen LogP) is 4.35. The molecular weight excluding hydrogens is 195 g/mol. The maximum Gasteiger partial charge on any atom is 0.154 e. The zero-order valence-corrected chi connectivity index (χ0v) is 10.5. The van der Waals surface area contributed by atoms with Gasteiger partial charge in [0, 0.05) is 0 Å². The Bertz CT molecular complexity index is 187. The largest absolute Gasteiger partial charge is 0.304 e. The highest BCUT2D eigenvalue weighted by atomic mass is 16.1. The molecule has 2 fully saturated rings. The van der Waals surface area contributed by atoms with Crippen LogP contribution in [-0.2, 0) is 4.79 Å². The van der Waals surface area contributed by atoms with E-state index in [0.717, 1.165) is 24.7 Å². The summed E-state index contributed by atoms with van der Waals surface area (Å²) in [6.45, 7) is 0.734. The summed E-state index contributed by atoms with van der Waals surface area (Å²) in [5.74, 6) is 1.75. The molecule has 0 unspecified atom stereocenters. The predicted molar refractivity (Wildman–Crippen MR) is 70.3 cm³/mol. The number of hydrogen-bond acceptors (Lipinski definition) is 1. The maximum atomic E-state index is 10.9. The number of hydrogen-bond donors (Lipinski definition) is 0. The lowest BCUT2D eigenvalue weighted by molar-refractivity contribution is -0.106. The van der Waals surface area contributed by atoms with Gasteiger partial charge < -0.3 is 4.79 Å². The van der Waals surface area contributed by atoms with Gasteiger partial charge in [-0.2, -0.15) is 0 Å². The van der Waals surface area contributed by atoms with Gasteiger partial charge in [-0.1, -0.05) is 75.8 Å². The summed E-state index contributed by atoms with van der Waals surface area (Å²) in [5, 5.41) is 0. The van der Waals surface area contributed by atoms with E-state index in [0.29, 0.717) is 0 Å². The average Bonchev–Trinajstić information content (AvgIpc) is 2.38. The van der Waals surface area contributed by atoms with Gasteiger partial charge in [0.25, 0.3) is 0 Å². The van der Waals surface area contributed by atoms with Crippen LogP contribution in [0, 0.1) is 0 Å². The lowest BCUT2D eigenvalue weighted by atomic mass is 9.29. The molecule has 2 aliphatic carbocycles. The van der Waals surface area contributed by atoms with E-state index in [9.17, 15) is 4.79 Å². The van der Waals surface area contributed by atoms with Crippen LogP contribution in [0.25, 0.3) is 0 Å². The fourth-order valence-electron chi connectivity index (χ4n) is 4.01. The molecule has 0 radical (unpaired) electrons. The Hall–Kier alpha value is -0.265. The van der Waals surface area contributed by atoms with Crippen molar-refractivity contribution in [3.63, 3.8) is 0 Å². The third-order valence-electron chi connectivity index (χ3n) is 4.88. The standard InChI is InChI=1S/C14H25BO/c16-12-11-15(13-7-3-1-4-8-13)14-9-5-2-6-10-14/h12-14H,1-11H2. The van der Waals surface area contributed by atoms with Gasteiger partial charge in [0.15, 0.2) is 6.71 Å². The molecule has 0 amide bonds. The summed E-state index contributed by atoms with van der Waals surface area (Å²) >= 11 is 0. The molecule has 0 saturated heterocycles. The first-order chi connectivity index (χ1) is 7.92. The SMILES string of the molecule is O=CCB(C1CCCCC1)C1CCCCC1. The van der Waals surface area contributed by atoms with E-state index in [4.69, 9.17) is 0 Å². The molecular formula is C14H25BO. The van der Waals surface area contributed by atoms with Crippen molar-refractivity contribution in [3.05, 3.63) is 0 Å². The maximum absolute atomic E-state index is 10.9. The molecule has 2 rings (SSSR count). The van der Waals surface area contributed by atoms with Crippen molar-refractivity contribution in [2.75, 3.05) is 0 Å². The van der Waals surface area contributed by atoms with E-state index in [1.54, 1.807) is 0 Å². The Morgan fingerprint density at radius 3 is 1.62 bits per heavy atom. The fourth-order valence-corrected chi connectivity index (χ4v) is 4.01. The van der Waals surface area contributed by atoms with Crippen LogP contribution in [0.4, 0.5) is 0 Å². The smallest absolute Gasteiger partial charge is 0.154 e. The van der Waals surface area contributed by atoms with Crippen LogP contribution in [0.3, 0.4) is 0 Å². The van der Waals surface area contributed by atoms with E-state index >= 15 is 0 Å². The zero-order chi connectivity index (χ0) is 11.2. The second-order valence-electron chi connectivity index (χ2n) is 5.86. The van der Waals surface area contributed by atoms with Crippen LogP contribution in [0.5, 0.6) is 0 Å². The number of aldehydes is 1. The highest BCUT2D eigenvalue weighted by molar-refractivity contribution is 6.64. The van der Waals surface area contributed by atoms with Crippen LogP contribution in [0.15, 0.2) is 0 Å². The molecule has 2 heteroatoms. The van der Waals surface area contributed by atoms with Gasteiger partial charge in [-0.15, -0.1) is 0 Å². The zero-order valence-electron chi connectivity index (χ0n) is 10.5. The molecule has 1 nitrogen and oxygen atoms in total. The lowest BCUT2D eigenvalue weighted by Gasteiger charge is -2.34. The fraction of sp³-hybridized carbons (Fsp3) is 0.929. The molecule has 90 valence electrons. The van der Waals surface area contributed by atoms with Crippen molar-refractivity contribution in [1.82, 2.24) is 0 Å². The molecule has 0 aromatic carbocycles. The summed E-state index contributed by atoms with van der Waals surface area (Å²) in [4.78, 5) is 10.9. The highest BCUT2D eigenvalue weighted by Crippen LogP contribution is 2.42. The molecule has 0 atom stereocenters. The second kappa shape index (κ2) is 6.47. The van der Waals surface area contributed by atoms with Crippen LogP contribution < -0.4 is 0 Å². The van der Waals surface area contributed by atoms with Crippen molar-refractivity contribution < 1.29 is 4.79 Å². The monoisotopic (exact) mass is 220 g/mol. The number of carbonyl (C=O) groups is 1. The summed E-state index contributed by atoms with van der Waals surface area (Å²) in [6, 6.07) is 0. The van der Waals surface area contributed by atoms with Gasteiger partial charge >= 0.3 is 0 Å². The summed E-state index contributed by atoms with van der Waals surface area (Å²) < 4.78 is 0. The van der Waals surface area contributed by atoms with Gasteiger partial charge in [0.1, 0.15) is 6.29 Å². The summed E-state index contributed by atoms with van der Waals surface area (Å²) in [7, 11) is 0. The molecule has 16 heavy (non-hydrogen) atoms. The molecule has 0 spiro atoms. The van der Waals surface area contributed by atoms with Gasteiger partial charge in [-0.25, -0.2) is 0 Å². The first-order valence-corrected chi connectivity index (χ1v) is 7.35. The summed E-state index contributed by atoms with van der Waals surface area (Å²) in [5.41, 5.74) is 0. The molecule has 2 saturated carbocycles. The molecule has 0 aliphatic heterocycles. The van der Waals surface area contributed by atoms with Crippen LogP contribution in [0.1, 0.15) is 64.2 Å². The quantitative estimate of drug-likeness (QED) is 0.508. The Kier molecular flexibility index (Phi) is 4.93. The topological polar surface area (TPSA) is 17.1 Å². The van der Waals surface area contributed by atoms with Crippen molar-refractivity contribution in [3.8, 4) is 0 Å². The van der Waals surface area contributed by atoms with Crippen molar-refractivity contribution in [2.45, 2.75) is 82.2 Å². The van der Waals surface area contributed by atoms with Gasteiger partial charge in [0.2, 0.25) is 0 Å². The van der Waals surface area contributed by atoms with Crippen molar-refractivity contribution in [2.24, 2.45) is 0 Å². The van der Waals surface area contributed by atoms with Gasteiger partial charge in [0.05, 0.1) is 0 Å². The Labute approximate surface area is 100 Å². The molecule has 0 N–H and O–H groups in total. The van der Waals surface area contributed by atoms with Crippen LogP contribution in [0.2, 0.25) is 18.0 Å². The lowest BCUT2D eigenvalue weighted by Crippen LogP contribution is -2.30. The van der Waals surface area contributed by atoms with E-state index in [1.165, 1.54) is 70.5 Å². The van der Waals surface area contributed by atoms with Crippen LogP contribution >= 0.6 is 0 Å². The minimum Gasteiger partial charge on any atom is -0.304 e. The third-order valence-corrected chi connectivity index (χ3v) is 4.88. The number of rotatable bonds is 4. The van der Waals surface area contributed by atoms with Crippen LogP contribution in [-0.4, -0.2) is 13.0 Å². The van der Waals surface area contributed by atoms with Crippen molar-refractivity contribution in [1.29, 1.82) is 0 Å². The normalized spacial score (nSPS) is 24.2. The minimum atomic E-state index is 0.734. The third kappa shape index (κ3) is 3.12. The second-order valence-corrected chi connectivity index (χ2v) is 5.86. The minimum absolute atomic E-state index is 0.734. The first kappa shape index (κ1) is 12.2. The molecule has 0 aromatic heterocycles. The van der Waals surface area contributed by atoms with E-state index in [1.807, 2.05) is 0 Å². The number of carbonyl (C=O) groups excluding carboxylic acids is 1. The average molecular weight is 220 g/mol. The molecule has 0 heterocycles. The summed E-state index contributed by atoms with van der Waals surface area (Å²) in [6.07, 6.45) is 16.1. The molecule has 0 bridgehead atoms. The van der Waals surface area contributed by atoms with E-state index < -0.39 is 0 Å². The molecule has 2 aliphatic rings. The Morgan fingerprint density at radius 2 is 1.25 bits per heavy atom. The highest BCUT2D eigenvalue weighted by Gasteiger charge is 2.33. The first-order valence-electron chi connectivity index (χ1n) is 7.35. The Morgan fingerprint density at radius 1 is 0.812 bits per heavy atom. The van der Waals surface area contributed by atoms with Gasteiger partial charge in [-0.3, -0.25) is 0 Å².